The van der Waals surface area contributed by atoms with E-state index in [9.17, 15) is 13.2 Å². The van der Waals surface area contributed by atoms with Gasteiger partial charge in [-0.05, 0) is 18.6 Å². The van der Waals surface area contributed by atoms with E-state index in [0.29, 0.717) is 25.5 Å². The Balaban J connectivity index is 0.00000441. The summed E-state index contributed by atoms with van der Waals surface area (Å²) in [5.41, 5.74) is 0. The summed E-state index contributed by atoms with van der Waals surface area (Å²) in [6.07, 6.45) is 0.156. The second-order valence-electron chi connectivity index (χ2n) is 4.37. The molecule has 0 unspecified atom stereocenters. The van der Waals surface area contributed by atoms with Crippen molar-refractivity contribution in [3.8, 4) is 0 Å². The van der Waals surface area contributed by atoms with Crippen LogP contribution in [0.4, 0.5) is 13.2 Å². The fourth-order valence-corrected chi connectivity index (χ4v) is 1.61. The molecule has 9 heteroatoms. The minimum atomic E-state index is -4.26. The lowest BCUT2D eigenvalue weighted by Crippen LogP contribution is -2.39. The molecule has 0 aliphatic heterocycles. The van der Waals surface area contributed by atoms with Crippen molar-refractivity contribution in [2.75, 3.05) is 33.4 Å². The standard InChI is InChI=1S/C13H21F3N4O.HI/c1-17-12(19-6-9-20-7-2-3-8-20)18-5-4-10-21-11-13(14,15)16;/h2-3,7-8H,4-6,9-11H2,1H3,(H2,17,18,19);1H. The normalized spacial score (nSPS) is 11.9. The molecule has 0 atom stereocenters. The van der Waals surface area contributed by atoms with Crippen molar-refractivity contribution in [2.45, 2.75) is 19.1 Å². The van der Waals surface area contributed by atoms with Crippen molar-refractivity contribution in [3.05, 3.63) is 24.5 Å². The molecule has 1 aromatic rings. The molecular weight excluding hydrogens is 412 g/mol. The molecule has 0 aromatic carbocycles. The van der Waals surface area contributed by atoms with Crippen LogP contribution >= 0.6 is 24.0 Å². The molecule has 128 valence electrons. The summed E-state index contributed by atoms with van der Waals surface area (Å²) in [5, 5.41) is 6.14. The van der Waals surface area contributed by atoms with Crippen LogP contribution in [-0.4, -0.2) is 50.1 Å². The van der Waals surface area contributed by atoms with E-state index in [4.69, 9.17) is 0 Å². The van der Waals surface area contributed by atoms with E-state index in [1.807, 2.05) is 29.1 Å². The maximum absolute atomic E-state index is 11.8. The van der Waals surface area contributed by atoms with Gasteiger partial charge in [-0.3, -0.25) is 4.99 Å². The van der Waals surface area contributed by atoms with Gasteiger partial charge in [0.05, 0.1) is 0 Å². The molecule has 1 heterocycles. The molecule has 0 radical (unpaired) electrons. The fraction of sp³-hybridized carbons (Fsp3) is 0.615. The largest absolute Gasteiger partial charge is 0.411 e. The van der Waals surface area contributed by atoms with Gasteiger partial charge in [-0.15, -0.1) is 24.0 Å². The second kappa shape index (κ2) is 11.6. The number of guanidine groups is 1. The van der Waals surface area contributed by atoms with Gasteiger partial charge in [0, 0.05) is 45.7 Å². The molecule has 0 fully saturated rings. The van der Waals surface area contributed by atoms with Gasteiger partial charge in [0.15, 0.2) is 5.96 Å². The summed E-state index contributed by atoms with van der Waals surface area (Å²) in [7, 11) is 1.64. The van der Waals surface area contributed by atoms with Crippen molar-refractivity contribution in [1.82, 2.24) is 15.2 Å². The van der Waals surface area contributed by atoms with Crippen LogP contribution in [0.25, 0.3) is 0 Å². The lowest BCUT2D eigenvalue weighted by molar-refractivity contribution is -0.173. The van der Waals surface area contributed by atoms with Crippen LogP contribution < -0.4 is 10.6 Å². The maximum atomic E-state index is 11.8. The number of nitrogens with one attached hydrogen (secondary N) is 2. The average molecular weight is 434 g/mol. The Labute approximate surface area is 145 Å². The molecule has 0 amide bonds. The maximum Gasteiger partial charge on any atom is 0.411 e. The Morgan fingerprint density at radius 1 is 1.18 bits per heavy atom. The van der Waals surface area contributed by atoms with Crippen molar-refractivity contribution in [1.29, 1.82) is 0 Å². The second-order valence-corrected chi connectivity index (χ2v) is 4.37. The minimum Gasteiger partial charge on any atom is -0.372 e. The minimum absolute atomic E-state index is 0. The number of hydrogen-bond acceptors (Lipinski definition) is 2. The number of nitrogens with zero attached hydrogens (tertiary/aromatic N) is 2. The number of aromatic nitrogens is 1. The van der Waals surface area contributed by atoms with Crippen LogP contribution in [0, 0.1) is 0 Å². The van der Waals surface area contributed by atoms with Crippen LogP contribution in [0.1, 0.15) is 6.42 Å². The van der Waals surface area contributed by atoms with Crippen LogP contribution in [0.2, 0.25) is 0 Å². The van der Waals surface area contributed by atoms with Crippen molar-refractivity contribution in [2.24, 2.45) is 4.99 Å². The van der Waals surface area contributed by atoms with Gasteiger partial charge in [-0.1, -0.05) is 0 Å². The molecule has 0 spiro atoms. The van der Waals surface area contributed by atoms with E-state index in [-0.39, 0.29) is 30.6 Å². The molecule has 0 bridgehead atoms. The molecule has 0 aliphatic rings. The number of ether oxygens (including phenoxy) is 1. The first-order valence-corrected chi connectivity index (χ1v) is 6.71. The lowest BCUT2D eigenvalue weighted by atomic mass is 10.4. The highest BCUT2D eigenvalue weighted by Crippen LogP contribution is 2.14. The molecule has 0 saturated carbocycles. The molecule has 1 aromatic heterocycles. The van der Waals surface area contributed by atoms with Crippen molar-refractivity contribution in [3.63, 3.8) is 0 Å². The molecule has 5 nitrogen and oxygen atoms in total. The zero-order chi connectivity index (χ0) is 15.6. The lowest BCUT2D eigenvalue weighted by Gasteiger charge is -2.12. The molecule has 0 saturated heterocycles. The van der Waals surface area contributed by atoms with Crippen molar-refractivity contribution < 1.29 is 17.9 Å². The molecule has 0 aliphatic carbocycles. The van der Waals surface area contributed by atoms with Gasteiger partial charge in [0.1, 0.15) is 6.61 Å². The van der Waals surface area contributed by atoms with E-state index in [2.05, 4.69) is 20.4 Å². The van der Waals surface area contributed by atoms with Gasteiger partial charge in [-0.25, -0.2) is 0 Å². The Bertz CT molecular complexity index is 410. The summed E-state index contributed by atoms with van der Waals surface area (Å²) in [4.78, 5) is 4.03. The topological polar surface area (TPSA) is 50.6 Å². The summed E-state index contributed by atoms with van der Waals surface area (Å²) in [6, 6.07) is 3.90. The molecule has 22 heavy (non-hydrogen) atoms. The number of alkyl halides is 3. The van der Waals surface area contributed by atoms with Gasteiger partial charge in [0.25, 0.3) is 0 Å². The zero-order valence-corrected chi connectivity index (χ0v) is 14.7. The Hall–Kier alpha value is -0.970. The van der Waals surface area contributed by atoms with E-state index in [1.165, 1.54) is 0 Å². The third kappa shape index (κ3) is 10.7. The van der Waals surface area contributed by atoms with Crippen LogP contribution in [0.5, 0.6) is 0 Å². The van der Waals surface area contributed by atoms with Gasteiger partial charge in [0.2, 0.25) is 0 Å². The predicted molar refractivity (Wildman–Crippen MR) is 90.7 cm³/mol. The monoisotopic (exact) mass is 434 g/mol. The van der Waals surface area contributed by atoms with Gasteiger partial charge in [-0.2, -0.15) is 13.2 Å². The predicted octanol–water partition coefficient (Wildman–Crippen LogP) is 2.24. The number of halogens is 4. The van der Waals surface area contributed by atoms with E-state index in [1.54, 1.807) is 7.05 Å². The quantitative estimate of drug-likeness (QED) is 0.286. The number of hydrogen-bond donors (Lipinski definition) is 2. The molecular formula is C13H22F3IN4O. The highest BCUT2D eigenvalue weighted by Gasteiger charge is 2.27. The number of aliphatic imine (C=N–C) groups is 1. The third-order valence-corrected chi connectivity index (χ3v) is 2.58. The highest BCUT2D eigenvalue weighted by atomic mass is 127. The van der Waals surface area contributed by atoms with Crippen LogP contribution in [0.15, 0.2) is 29.5 Å². The van der Waals surface area contributed by atoms with Gasteiger partial charge < -0.3 is 19.9 Å². The zero-order valence-electron chi connectivity index (χ0n) is 12.4. The Morgan fingerprint density at radius 3 is 2.41 bits per heavy atom. The first-order valence-electron chi connectivity index (χ1n) is 6.71. The third-order valence-electron chi connectivity index (χ3n) is 2.58. The molecule has 2 N–H and O–H groups in total. The molecule has 1 rings (SSSR count). The summed E-state index contributed by atoms with van der Waals surface area (Å²) in [5.74, 6) is 0.623. The van der Waals surface area contributed by atoms with E-state index < -0.39 is 12.8 Å². The highest BCUT2D eigenvalue weighted by molar-refractivity contribution is 14.0. The summed E-state index contributed by atoms with van der Waals surface area (Å²) < 4.78 is 42.0. The average Bonchev–Trinajstić information content (AvgIpc) is 2.92. The first-order chi connectivity index (χ1) is 10.0. The smallest absolute Gasteiger partial charge is 0.372 e. The first kappa shape index (κ1) is 21.0. The van der Waals surface area contributed by atoms with Gasteiger partial charge >= 0.3 is 6.18 Å². The van der Waals surface area contributed by atoms with E-state index >= 15 is 0 Å². The summed E-state index contributed by atoms with van der Waals surface area (Å²) >= 11 is 0. The van der Waals surface area contributed by atoms with Crippen molar-refractivity contribution >= 4 is 29.9 Å². The van der Waals surface area contributed by atoms with E-state index in [0.717, 1.165) is 6.54 Å². The van der Waals surface area contributed by atoms with Crippen LogP contribution in [0.3, 0.4) is 0 Å². The van der Waals surface area contributed by atoms with Crippen LogP contribution in [-0.2, 0) is 11.3 Å². The number of rotatable bonds is 8. The Kier molecular flexibility index (Phi) is 11.1. The summed E-state index contributed by atoms with van der Waals surface area (Å²) in [6.45, 7) is 0.881. The fourth-order valence-electron chi connectivity index (χ4n) is 1.61. The SMILES string of the molecule is CN=C(NCCCOCC(F)(F)F)NCCn1cccc1.I. The Morgan fingerprint density at radius 2 is 1.82 bits per heavy atom.